The fraction of sp³-hybridized carbons (Fsp3) is 0.300. The highest BCUT2D eigenvalue weighted by Crippen LogP contribution is 2.31. The number of benzene rings is 1. The van der Waals surface area contributed by atoms with Crippen molar-refractivity contribution in [3.63, 3.8) is 0 Å². The number of nitrogens with one attached hydrogen (secondary N) is 1. The zero-order valence-corrected chi connectivity index (χ0v) is 7.41. The number of para-hydroxylation sites is 1. The molecule has 0 bridgehead atoms. The lowest BCUT2D eigenvalue weighted by Crippen LogP contribution is -2.15. The second-order valence-electron chi connectivity index (χ2n) is 3.04. The first-order valence-corrected chi connectivity index (χ1v) is 4.23. The summed E-state index contributed by atoms with van der Waals surface area (Å²) in [6.45, 7) is 0.645. The van der Waals surface area contributed by atoms with E-state index in [-0.39, 0.29) is 11.9 Å². The van der Waals surface area contributed by atoms with Crippen LogP contribution in [0.3, 0.4) is 0 Å². The standard InChI is InChI=1S/C10H11NO2/c1-13-10(12)8-6-11-9-5-3-2-4-7(8)9/h2-5,8,11H,6H2,1H3/t8-/m1/s1. The van der Waals surface area contributed by atoms with Crippen molar-refractivity contribution in [2.45, 2.75) is 5.92 Å². The molecule has 1 heterocycles. The zero-order chi connectivity index (χ0) is 9.26. The van der Waals surface area contributed by atoms with Crippen molar-refractivity contribution in [3.8, 4) is 0 Å². The van der Waals surface area contributed by atoms with Crippen LogP contribution in [0.4, 0.5) is 5.69 Å². The topological polar surface area (TPSA) is 38.3 Å². The lowest BCUT2D eigenvalue weighted by molar-refractivity contribution is -0.141. The van der Waals surface area contributed by atoms with Gasteiger partial charge in [-0.05, 0) is 11.6 Å². The number of ether oxygens (including phenoxy) is 1. The van der Waals surface area contributed by atoms with Crippen LogP contribution in [0.1, 0.15) is 11.5 Å². The Balaban J connectivity index is 2.33. The molecule has 0 saturated heterocycles. The highest BCUT2D eigenvalue weighted by Gasteiger charge is 2.28. The van der Waals surface area contributed by atoms with Crippen molar-refractivity contribution < 1.29 is 9.53 Å². The second kappa shape index (κ2) is 3.09. The van der Waals surface area contributed by atoms with Crippen LogP contribution in [0.25, 0.3) is 0 Å². The fourth-order valence-corrected chi connectivity index (χ4v) is 1.64. The first-order valence-electron chi connectivity index (χ1n) is 4.23. The van der Waals surface area contributed by atoms with Crippen molar-refractivity contribution in [1.29, 1.82) is 0 Å². The molecule has 13 heavy (non-hydrogen) atoms. The van der Waals surface area contributed by atoms with E-state index in [0.717, 1.165) is 11.3 Å². The van der Waals surface area contributed by atoms with Gasteiger partial charge in [-0.15, -0.1) is 0 Å². The van der Waals surface area contributed by atoms with Crippen LogP contribution >= 0.6 is 0 Å². The summed E-state index contributed by atoms with van der Waals surface area (Å²) in [6, 6.07) is 7.81. The molecule has 68 valence electrons. The fourth-order valence-electron chi connectivity index (χ4n) is 1.64. The molecule has 2 rings (SSSR count). The molecule has 0 amide bonds. The van der Waals surface area contributed by atoms with Crippen molar-refractivity contribution in [1.82, 2.24) is 0 Å². The van der Waals surface area contributed by atoms with Gasteiger partial charge in [0.15, 0.2) is 0 Å². The molecule has 0 fully saturated rings. The van der Waals surface area contributed by atoms with Gasteiger partial charge in [0.1, 0.15) is 5.92 Å². The first kappa shape index (κ1) is 8.10. The minimum absolute atomic E-state index is 0.138. The van der Waals surface area contributed by atoms with E-state index in [1.165, 1.54) is 7.11 Å². The molecule has 0 aromatic heterocycles. The van der Waals surface area contributed by atoms with Gasteiger partial charge in [0.25, 0.3) is 0 Å². The Morgan fingerprint density at radius 1 is 1.54 bits per heavy atom. The van der Waals surface area contributed by atoms with Crippen molar-refractivity contribution in [3.05, 3.63) is 29.8 Å². The van der Waals surface area contributed by atoms with Crippen LogP contribution in [-0.2, 0) is 9.53 Å². The molecule has 1 N–H and O–H groups in total. The minimum Gasteiger partial charge on any atom is -0.468 e. The molecule has 1 aliphatic heterocycles. The molecule has 1 aromatic rings. The monoisotopic (exact) mass is 177 g/mol. The maximum atomic E-state index is 11.3. The van der Waals surface area contributed by atoms with Gasteiger partial charge in [0.2, 0.25) is 0 Å². The summed E-state index contributed by atoms with van der Waals surface area (Å²) in [5.74, 6) is -0.307. The average Bonchev–Trinajstić information content (AvgIpc) is 2.60. The lowest BCUT2D eigenvalue weighted by atomic mass is 10.0. The summed E-state index contributed by atoms with van der Waals surface area (Å²) < 4.78 is 4.71. The van der Waals surface area contributed by atoms with Crippen LogP contribution in [0.5, 0.6) is 0 Å². The van der Waals surface area contributed by atoms with E-state index < -0.39 is 0 Å². The number of fused-ring (bicyclic) bond motifs is 1. The predicted octanol–water partition coefficient (Wildman–Crippen LogP) is 1.37. The van der Waals surface area contributed by atoms with E-state index in [1.807, 2.05) is 24.3 Å². The quantitative estimate of drug-likeness (QED) is 0.658. The number of hydrogen-bond donors (Lipinski definition) is 1. The maximum absolute atomic E-state index is 11.3. The van der Waals surface area contributed by atoms with Crippen LogP contribution in [0.2, 0.25) is 0 Å². The molecule has 0 aliphatic carbocycles. The highest BCUT2D eigenvalue weighted by atomic mass is 16.5. The molecule has 0 spiro atoms. The van der Waals surface area contributed by atoms with Gasteiger partial charge in [-0.3, -0.25) is 4.79 Å². The largest absolute Gasteiger partial charge is 0.468 e. The third-order valence-corrected chi connectivity index (χ3v) is 2.32. The molecule has 3 heteroatoms. The first-order chi connectivity index (χ1) is 6.33. The summed E-state index contributed by atoms with van der Waals surface area (Å²) in [4.78, 5) is 11.3. The van der Waals surface area contributed by atoms with E-state index in [1.54, 1.807) is 0 Å². The van der Waals surface area contributed by atoms with E-state index in [4.69, 9.17) is 4.74 Å². The van der Waals surface area contributed by atoms with Gasteiger partial charge in [-0.1, -0.05) is 18.2 Å². The van der Waals surface area contributed by atoms with Crippen LogP contribution < -0.4 is 5.32 Å². The summed E-state index contributed by atoms with van der Waals surface area (Å²) in [5, 5.41) is 3.16. The van der Waals surface area contributed by atoms with E-state index >= 15 is 0 Å². The maximum Gasteiger partial charge on any atom is 0.315 e. The Kier molecular flexibility index (Phi) is 1.93. The Labute approximate surface area is 76.7 Å². The van der Waals surface area contributed by atoms with Crippen LogP contribution in [-0.4, -0.2) is 19.6 Å². The van der Waals surface area contributed by atoms with E-state index in [2.05, 4.69) is 5.32 Å². The zero-order valence-electron chi connectivity index (χ0n) is 7.41. The van der Waals surface area contributed by atoms with Gasteiger partial charge < -0.3 is 10.1 Å². The molecule has 1 aromatic carbocycles. The summed E-state index contributed by atoms with van der Waals surface area (Å²) in [7, 11) is 1.42. The Hall–Kier alpha value is -1.51. The van der Waals surface area contributed by atoms with E-state index in [9.17, 15) is 4.79 Å². The molecule has 0 unspecified atom stereocenters. The summed E-state index contributed by atoms with van der Waals surface area (Å²) in [6.07, 6.45) is 0. The number of esters is 1. The summed E-state index contributed by atoms with van der Waals surface area (Å²) >= 11 is 0. The molecule has 0 saturated carbocycles. The third-order valence-electron chi connectivity index (χ3n) is 2.32. The number of carbonyl (C=O) groups is 1. The number of anilines is 1. The van der Waals surface area contributed by atoms with E-state index in [0.29, 0.717) is 6.54 Å². The molecular formula is C10H11NO2. The lowest BCUT2D eigenvalue weighted by Gasteiger charge is -2.06. The number of rotatable bonds is 1. The van der Waals surface area contributed by atoms with Gasteiger partial charge in [0, 0.05) is 12.2 Å². The highest BCUT2D eigenvalue weighted by molar-refractivity contribution is 5.83. The molecule has 0 radical (unpaired) electrons. The van der Waals surface area contributed by atoms with Gasteiger partial charge in [-0.25, -0.2) is 0 Å². The average molecular weight is 177 g/mol. The van der Waals surface area contributed by atoms with Gasteiger partial charge in [0.05, 0.1) is 7.11 Å². The SMILES string of the molecule is COC(=O)[C@@H]1CNc2ccccc21. The van der Waals surface area contributed by atoms with Crippen molar-refractivity contribution in [2.75, 3.05) is 19.0 Å². The normalized spacial score (nSPS) is 19.0. The molecular weight excluding hydrogens is 166 g/mol. The minimum atomic E-state index is -0.169. The van der Waals surface area contributed by atoms with Gasteiger partial charge >= 0.3 is 5.97 Å². The Morgan fingerprint density at radius 2 is 2.31 bits per heavy atom. The Bertz CT molecular complexity index is 335. The Morgan fingerprint density at radius 3 is 3.08 bits per heavy atom. The number of methoxy groups -OCH3 is 1. The smallest absolute Gasteiger partial charge is 0.315 e. The van der Waals surface area contributed by atoms with Gasteiger partial charge in [-0.2, -0.15) is 0 Å². The van der Waals surface area contributed by atoms with Crippen LogP contribution in [0, 0.1) is 0 Å². The third kappa shape index (κ3) is 1.26. The number of carbonyl (C=O) groups excluding carboxylic acids is 1. The summed E-state index contributed by atoms with van der Waals surface area (Å²) in [5.41, 5.74) is 2.08. The predicted molar refractivity (Wildman–Crippen MR) is 49.7 cm³/mol. The second-order valence-corrected chi connectivity index (χ2v) is 3.04. The van der Waals surface area contributed by atoms with Crippen molar-refractivity contribution >= 4 is 11.7 Å². The molecule has 3 nitrogen and oxygen atoms in total. The van der Waals surface area contributed by atoms with Crippen LogP contribution in [0.15, 0.2) is 24.3 Å². The molecule has 1 atom stereocenters. The number of hydrogen-bond acceptors (Lipinski definition) is 3. The van der Waals surface area contributed by atoms with Crippen molar-refractivity contribution in [2.24, 2.45) is 0 Å². The molecule has 1 aliphatic rings.